The number of rotatable bonds is 9. The normalized spacial score (nSPS) is 16.3. The van der Waals surface area contributed by atoms with Gasteiger partial charge in [-0.2, -0.15) is 0 Å². The summed E-state index contributed by atoms with van der Waals surface area (Å²) in [5, 5.41) is 0. The molecule has 18 heavy (non-hydrogen) atoms. The predicted octanol–water partition coefficient (Wildman–Crippen LogP) is 4.44. The Morgan fingerprint density at radius 3 is 1.61 bits per heavy atom. The van der Waals surface area contributed by atoms with Gasteiger partial charge in [0.05, 0.1) is 0 Å². The lowest BCUT2D eigenvalue weighted by Crippen LogP contribution is -2.43. The van der Waals surface area contributed by atoms with E-state index in [1.165, 1.54) is 51.6 Å². The van der Waals surface area contributed by atoms with Gasteiger partial charge < -0.3 is 9.80 Å². The molecule has 1 heterocycles. The maximum atomic E-state index is 2.55. The molecule has 0 bridgehead atoms. The Morgan fingerprint density at radius 2 is 1.28 bits per heavy atom. The number of hydrogen-bond acceptors (Lipinski definition) is 2. The molecule has 0 saturated heterocycles. The van der Waals surface area contributed by atoms with E-state index in [0.717, 1.165) is 0 Å². The van der Waals surface area contributed by atoms with Crippen LogP contribution < -0.4 is 0 Å². The Labute approximate surface area is 114 Å². The molecule has 0 atom stereocenters. The molecular weight excluding hydrogens is 220 g/mol. The van der Waals surface area contributed by atoms with Gasteiger partial charge >= 0.3 is 0 Å². The van der Waals surface area contributed by atoms with Crippen molar-refractivity contribution < 1.29 is 0 Å². The van der Waals surface area contributed by atoms with Crippen LogP contribution in [0.4, 0.5) is 0 Å². The lowest BCUT2D eigenvalue weighted by atomic mass is 10.1. The van der Waals surface area contributed by atoms with E-state index in [9.17, 15) is 0 Å². The van der Waals surface area contributed by atoms with Crippen LogP contribution in [0.15, 0.2) is 12.4 Å². The van der Waals surface area contributed by atoms with E-state index in [1.54, 1.807) is 0 Å². The van der Waals surface area contributed by atoms with Gasteiger partial charge in [-0.15, -0.1) is 0 Å². The summed E-state index contributed by atoms with van der Waals surface area (Å²) in [6, 6.07) is 0. The largest absolute Gasteiger partial charge is 0.356 e. The molecule has 1 aliphatic heterocycles. The van der Waals surface area contributed by atoms with E-state index >= 15 is 0 Å². The molecular formula is C16H32N2. The third-order valence-electron chi connectivity index (χ3n) is 3.77. The van der Waals surface area contributed by atoms with E-state index in [-0.39, 0.29) is 0 Å². The van der Waals surface area contributed by atoms with Crippen LogP contribution >= 0.6 is 0 Å². The molecule has 0 fully saturated rings. The fourth-order valence-electron chi connectivity index (χ4n) is 2.81. The first kappa shape index (κ1) is 15.4. The zero-order valence-corrected chi connectivity index (χ0v) is 12.9. The van der Waals surface area contributed by atoms with E-state index in [2.05, 4.69) is 49.9 Å². The molecule has 0 saturated carbocycles. The van der Waals surface area contributed by atoms with Crippen LogP contribution in [0.2, 0.25) is 0 Å². The minimum Gasteiger partial charge on any atom is -0.356 e. The molecule has 2 heteroatoms. The molecule has 106 valence electrons. The minimum absolute atomic E-state index is 0.596. The van der Waals surface area contributed by atoms with Gasteiger partial charge in [0, 0.05) is 25.5 Å². The molecule has 0 N–H and O–H groups in total. The van der Waals surface area contributed by atoms with Crippen LogP contribution in [-0.2, 0) is 0 Å². The highest BCUT2D eigenvalue weighted by Crippen LogP contribution is 2.23. The Hall–Kier alpha value is -0.660. The first-order valence-corrected chi connectivity index (χ1v) is 7.90. The molecule has 0 aromatic carbocycles. The highest BCUT2D eigenvalue weighted by molar-refractivity contribution is 4.98. The van der Waals surface area contributed by atoms with Crippen LogP contribution in [0.25, 0.3) is 0 Å². The molecule has 0 aromatic rings. The van der Waals surface area contributed by atoms with Crippen molar-refractivity contribution in [2.45, 2.75) is 72.4 Å². The summed E-state index contributed by atoms with van der Waals surface area (Å²) in [5.74, 6) is 0.697. The van der Waals surface area contributed by atoms with Crippen molar-refractivity contribution in [3.8, 4) is 0 Å². The highest BCUT2D eigenvalue weighted by atomic mass is 15.4. The van der Waals surface area contributed by atoms with Crippen molar-refractivity contribution in [1.82, 2.24) is 9.80 Å². The maximum absolute atomic E-state index is 2.55. The van der Waals surface area contributed by atoms with Gasteiger partial charge in [-0.25, -0.2) is 0 Å². The summed E-state index contributed by atoms with van der Waals surface area (Å²) in [4.78, 5) is 5.10. The molecule has 1 aliphatic rings. The molecule has 0 amide bonds. The predicted molar refractivity (Wildman–Crippen MR) is 80.2 cm³/mol. The average Bonchev–Trinajstić information content (AvgIpc) is 2.73. The molecule has 0 unspecified atom stereocenters. The van der Waals surface area contributed by atoms with Gasteiger partial charge in [0.25, 0.3) is 0 Å². The lowest BCUT2D eigenvalue weighted by molar-refractivity contribution is 0.104. The summed E-state index contributed by atoms with van der Waals surface area (Å²) in [5.41, 5.74) is 0. The second kappa shape index (κ2) is 8.44. The smallest absolute Gasteiger partial charge is 0.103 e. The van der Waals surface area contributed by atoms with Crippen molar-refractivity contribution in [1.29, 1.82) is 0 Å². The SMILES string of the molecule is CCCCCN1C=CN(CCCCC)C1C(C)C. The summed E-state index contributed by atoms with van der Waals surface area (Å²) < 4.78 is 0. The highest BCUT2D eigenvalue weighted by Gasteiger charge is 2.27. The second-order valence-corrected chi connectivity index (χ2v) is 5.85. The third-order valence-corrected chi connectivity index (χ3v) is 3.77. The Bertz CT molecular complexity index is 215. The first-order valence-electron chi connectivity index (χ1n) is 7.90. The van der Waals surface area contributed by atoms with Crippen LogP contribution in [0, 0.1) is 5.92 Å². The van der Waals surface area contributed by atoms with E-state index in [0.29, 0.717) is 12.1 Å². The minimum atomic E-state index is 0.596. The van der Waals surface area contributed by atoms with Crippen LogP contribution in [0.1, 0.15) is 66.2 Å². The second-order valence-electron chi connectivity index (χ2n) is 5.85. The Morgan fingerprint density at radius 1 is 0.833 bits per heavy atom. The fraction of sp³-hybridized carbons (Fsp3) is 0.875. The maximum Gasteiger partial charge on any atom is 0.103 e. The molecule has 0 aromatic heterocycles. The molecule has 2 nitrogen and oxygen atoms in total. The quantitative estimate of drug-likeness (QED) is 0.560. The van der Waals surface area contributed by atoms with Gasteiger partial charge in [0.15, 0.2) is 0 Å². The van der Waals surface area contributed by atoms with Gasteiger partial charge in [-0.1, -0.05) is 53.4 Å². The summed E-state index contributed by atoms with van der Waals surface area (Å²) in [6.45, 7) is 11.7. The first-order chi connectivity index (χ1) is 8.70. The van der Waals surface area contributed by atoms with Crippen LogP contribution in [0.3, 0.4) is 0 Å². The van der Waals surface area contributed by atoms with Crippen molar-refractivity contribution in [3.63, 3.8) is 0 Å². The fourth-order valence-corrected chi connectivity index (χ4v) is 2.81. The van der Waals surface area contributed by atoms with Gasteiger partial charge in [0.2, 0.25) is 0 Å². The average molecular weight is 252 g/mol. The Balaban J connectivity index is 2.42. The van der Waals surface area contributed by atoms with E-state index < -0.39 is 0 Å². The van der Waals surface area contributed by atoms with Crippen molar-refractivity contribution in [2.24, 2.45) is 5.92 Å². The number of unbranched alkanes of at least 4 members (excludes halogenated alkanes) is 4. The zero-order chi connectivity index (χ0) is 13.4. The Kier molecular flexibility index (Phi) is 7.22. The third kappa shape index (κ3) is 4.55. The standard InChI is InChI=1S/C16H32N2/c1-5-7-9-11-17-13-14-18(12-10-8-6-2)16(17)15(3)4/h13-16H,5-12H2,1-4H3. The topological polar surface area (TPSA) is 6.48 Å². The lowest BCUT2D eigenvalue weighted by Gasteiger charge is -2.35. The summed E-state index contributed by atoms with van der Waals surface area (Å²) >= 11 is 0. The van der Waals surface area contributed by atoms with Crippen molar-refractivity contribution in [2.75, 3.05) is 13.1 Å². The van der Waals surface area contributed by atoms with E-state index in [4.69, 9.17) is 0 Å². The number of nitrogens with zero attached hydrogens (tertiary/aromatic N) is 2. The molecule has 1 rings (SSSR count). The van der Waals surface area contributed by atoms with Crippen molar-refractivity contribution in [3.05, 3.63) is 12.4 Å². The van der Waals surface area contributed by atoms with Crippen molar-refractivity contribution >= 4 is 0 Å². The summed E-state index contributed by atoms with van der Waals surface area (Å²) in [6.07, 6.45) is 13.2. The molecule has 0 spiro atoms. The van der Waals surface area contributed by atoms with Crippen LogP contribution in [-0.4, -0.2) is 29.1 Å². The van der Waals surface area contributed by atoms with Crippen LogP contribution in [0.5, 0.6) is 0 Å². The van der Waals surface area contributed by atoms with Gasteiger partial charge in [0.1, 0.15) is 6.17 Å². The number of hydrogen-bond donors (Lipinski definition) is 0. The monoisotopic (exact) mass is 252 g/mol. The molecule has 0 aliphatic carbocycles. The summed E-state index contributed by atoms with van der Waals surface area (Å²) in [7, 11) is 0. The molecule has 0 radical (unpaired) electrons. The zero-order valence-electron chi connectivity index (χ0n) is 12.9. The van der Waals surface area contributed by atoms with Gasteiger partial charge in [-0.3, -0.25) is 0 Å². The van der Waals surface area contributed by atoms with Gasteiger partial charge in [-0.05, 0) is 18.8 Å². The van der Waals surface area contributed by atoms with E-state index in [1.807, 2.05) is 0 Å².